The number of hydrogen-bond donors (Lipinski definition) is 0. The number of para-hydroxylation sites is 1. The molecule has 2 aromatic carbocycles. The van der Waals surface area contributed by atoms with Gasteiger partial charge in [0.2, 0.25) is 0 Å². The fourth-order valence-electron chi connectivity index (χ4n) is 2.37. The van der Waals surface area contributed by atoms with E-state index >= 15 is 0 Å². The molecule has 1 heterocycles. The first-order chi connectivity index (χ1) is 10.7. The lowest BCUT2D eigenvalue weighted by molar-refractivity contribution is -0.133. The highest BCUT2D eigenvalue weighted by Gasteiger charge is 2.30. The lowest BCUT2D eigenvalue weighted by atomic mass is 10.2. The highest BCUT2D eigenvalue weighted by atomic mass is 32.2. The Hall–Kier alpha value is -2.01. The van der Waals surface area contributed by atoms with Crippen LogP contribution in [0.15, 0.2) is 54.6 Å². The molecule has 5 heteroatoms. The van der Waals surface area contributed by atoms with Crippen LogP contribution < -0.4 is 4.74 Å². The van der Waals surface area contributed by atoms with Gasteiger partial charge in [-0.25, -0.2) is 4.39 Å². The number of benzene rings is 2. The van der Waals surface area contributed by atoms with E-state index < -0.39 is 0 Å². The molecule has 22 heavy (non-hydrogen) atoms. The van der Waals surface area contributed by atoms with Gasteiger partial charge in [-0.2, -0.15) is 0 Å². The molecule has 0 unspecified atom stereocenters. The van der Waals surface area contributed by atoms with Crippen molar-refractivity contribution in [2.45, 2.75) is 5.37 Å². The van der Waals surface area contributed by atoms with Gasteiger partial charge in [0, 0.05) is 12.3 Å². The van der Waals surface area contributed by atoms with Crippen molar-refractivity contribution in [1.82, 2.24) is 4.90 Å². The van der Waals surface area contributed by atoms with Crippen molar-refractivity contribution in [3.8, 4) is 5.75 Å². The average Bonchev–Trinajstić information content (AvgIpc) is 3.04. The maximum absolute atomic E-state index is 13.0. The molecule has 114 valence electrons. The zero-order valence-corrected chi connectivity index (χ0v) is 12.8. The lowest BCUT2D eigenvalue weighted by Crippen LogP contribution is -2.34. The van der Waals surface area contributed by atoms with Crippen LogP contribution in [0, 0.1) is 5.82 Å². The Balaban J connectivity index is 1.65. The van der Waals surface area contributed by atoms with Gasteiger partial charge >= 0.3 is 0 Å². The Morgan fingerprint density at radius 1 is 1.18 bits per heavy atom. The number of thioether (sulfide) groups is 1. The van der Waals surface area contributed by atoms with E-state index in [1.807, 2.05) is 30.3 Å². The molecule has 0 radical (unpaired) electrons. The van der Waals surface area contributed by atoms with E-state index in [-0.39, 0.29) is 23.7 Å². The Morgan fingerprint density at radius 2 is 1.91 bits per heavy atom. The smallest absolute Gasteiger partial charge is 0.261 e. The quantitative estimate of drug-likeness (QED) is 0.864. The maximum Gasteiger partial charge on any atom is 0.261 e. The van der Waals surface area contributed by atoms with E-state index in [2.05, 4.69) is 0 Å². The molecule has 0 bridgehead atoms. The summed E-state index contributed by atoms with van der Waals surface area (Å²) in [5.41, 5.74) is 0.942. The molecular weight excluding hydrogens is 301 g/mol. The summed E-state index contributed by atoms with van der Waals surface area (Å²) in [6.07, 6.45) is 0. The summed E-state index contributed by atoms with van der Waals surface area (Å²) in [5, 5.41) is -0.0625. The minimum absolute atomic E-state index is 0.0161. The highest BCUT2D eigenvalue weighted by molar-refractivity contribution is 7.99. The van der Waals surface area contributed by atoms with Crippen LogP contribution >= 0.6 is 11.8 Å². The minimum atomic E-state index is -0.267. The molecular formula is C17H16FNO2S. The van der Waals surface area contributed by atoms with Gasteiger partial charge in [0.25, 0.3) is 5.91 Å². The number of hydrogen-bond acceptors (Lipinski definition) is 3. The number of rotatable bonds is 4. The van der Waals surface area contributed by atoms with Crippen molar-refractivity contribution in [3.63, 3.8) is 0 Å². The van der Waals surface area contributed by atoms with E-state index in [1.54, 1.807) is 28.8 Å². The van der Waals surface area contributed by atoms with Crippen LogP contribution in [0.1, 0.15) is 10.9 Å². The molecule has 0 N–H and O–H groups in total. The molecule has 1 atom stereocenters. The van der Waals surface area contributed by atoms with Gasteiger partial charge in [0.15, 0.2) is 6.61 Å². The average molecular weight is 317 g/mol. The van der Waals surface area contributed by atoms with Gasteiger partial charge in [-0.15, -0.1) is 11.8 Å². The van der Waals surface area contributed by atoms with Crippen LogP contribution in [0.4, 0.5) is 4.39 Å². The first-order valence-electron chi connectivity index (χ1n) is 7.08. The summed E-state index contributed by atoms with van der Waals surface area (Å²) in [4.78, 5) is 14.2. The molecule has 1 aliphatic heterocycles. The molecule has 2 aromatic rings. The Bertz CT molecular complexity index is 633. The lowest BCUT2D eigenvalue weighted by Gasteiger charge is -2.24. The van der Waals surface area contributed by atoms with Crippen molar-refractivity contribution in [1.29, 1.82) is 0 Å². The first-order valence-corrected chi connectivity index (χ1v) is 8.13. The second-order valence-electron chi connectivity index (χ2n) is 4.96. The van der Waals surface area contributed by atoms with E-state index in [4.69, 9.17) is 4.74 Å². The van der Waals surface area contributed by atoms with E-state index in [0.717, 1.165) is 11.3 Å². The molecule has 1 amide bonds. The molecule has 1 saturated heterocycles. The maximum atomic E-state index is 13.0. The molecule has 0 aromatic heterocycles. The number of halogens is 1. The SMILES string of the molecule is O=C(COc1ccccc1)N1CCS[C@@H]1c1ccc(F)cc1. The summed E-state index contributed by atoms with van der Waals surface area (Å²) >= 11 is 1.69. The summed E-state index contributed by atoms with van der Waals surface area (Å²) in [6.45, 7) is 0.700. The van der Waals surface area contributed by atoms with Crippen LogP contribution in [-0.2, 0) is 4.79 Å². The third-order valence-corrected chi connectivity index (χ3v) is 4.73. The van der Waals surface area contributed by atoms with Crippen LogP contribution in [0.25, 0.3) is 0 Å². The topological polar surface area (TPSA) is 29.5 Å². The van der Waals surface area contributed by atoms with Gasteiger partial charge in [-0.1, -0.05) is 30.3 Å². The Morgan fingerprint density at radius 3 is 2.64 bits per heavy atom. The molecule has 3 rings (SSSR count). The van der Waals surface area contributed by atoms with Crippen LogP contribution in [0.2, 0.25) is 0 Å². The zero-order chi connectivity index (χ0) is 15.4. The highest BCUT2D eigenvalue weighted by Crippen LogP contribution is 2.37. The molecule has 1 fully saturated rings. The van der Waals surface area contributed by atoms with Gasteiger partial charge in [-0.3, -0.25) is 4.79 Å². The van der Waals surface area contributed by atoms with Crippen LogP contribution in [0.5, 0.6) is 5.75 Å². The summed E-state index contributed by atoms with van der Waals surface area (Å²) in [6, 6.07) is 15.6. The van der Waals surface area contributed by atoms with Gasteiger partial charge in [0.1, 0.15) is 16.9 Å². The molecule has 0 spiro atoms. The van der Waals surface area contributed by atoms with Crippen LogP contribution in [0.3, 0.4) is 0 Å². The molecule has 3 nitrogen and oxygen atoms in total. The Kier molecular flexibility index (Phi) is 4.63. The number of amides is 1. The largest absolute Gasteiger partial charge is 0.484 e. The second-order valence-corrected chi connectivity index (χ2v) is 6.15. The fraction of sp³-hybridized carbons (Fsp3) is 0.235. The standard InChI is InChI=1S/C17H16FNO2S/c18-14-8-6-13(7-9-14)17-19(10-11-22-17)16(20)12-21-15-4-2-1-3-5-15/h1-9,17H,10-12H2/t17-/m1/s1. The number of nitrogens with zero attached hydrogens (tertiary/aromatic N) is 1. The van der Waals surface area contributed by atoms with Crippen molar-refractivity contribution in [3.05, 3.63) is 66.0 Å². The van der Waals surface area contributed by atoms with Crippen molar-refractivity contribution in [2.75, 3.05) is 18.9 Å². The van der Waals surface area contributed by atoms with E-state index in [1.165, 1.54) is 12.1 Å². The predicted molar refractivity (Wildman–Crippen MR) is 85.2 cm³/mol. The predicted octanol–water partition coefficient (Wildman–Crippen LogP) is 3.48. The normalized spacial score (nSPS) is 17.5. The Labute approximate surface area is 133 Å². The first kappa shape index (κ1) is 14.9. The van der Waals surface area contributed by atoms with Gasteiger partial charge in [0.05, 0.1) is 0 Å². The third kappa shape index (κ3) is 3.42. The second kappa shape index (κ2) is 6.83. The summed E-state index contributed by atoms with van der Waals surface area (Å²) < 4.78 is 18.6. The van der Waals surface area contributed by atoms with Crippen LogP contribution in [-0.4, -0.2) is 29.7 Å². The van der Waals surface area contributed by atoms with Crippen molar-refractivity contribution < 1.29 is 13.9 Å². The molecule has 1 aliphatic rings. The number of carbonyl (C=O) groups is 1. The number of ether oxygens (including phenoxy) is 1. The monoisotopic (exact) mass is 317 g/mol. The van der Waals surface area contributed by atoms with E-state index in [9.17, 15) is 9.18 Å². The van der Waals surface area contributed by atoms with Gasteiger partial charge in [-0.05, 0) is 29.8 Å². The van der Waals surface area contributed by atoms with Crippen molar-refractivity contribution in [2.24, 2.45) is 0 Å². The molecule has 0 saturated carbocycles. The summed E-state index contributed by atoms with van der Waals surface area (Å²) in [5.74, 6) is 1.24. The van der Waals surface area contributed by atoms with E-state index in [0.29, 0.717) is 12.3 Å². The number of carbonyl (C=O) groups excluding carboxylic acids is 1. The fourth-order valence-corrected chi connectivity index (χ4v) is 3.65. The zero-order valence-electron chi connectivity index (χ0n) is 11.9. The minimum Gasteiger partial charge on any atom is -0.484 e. The van der Waals surface area contributed by atoms with Gasteiger partial charge < -0.3 is 9.64 Å². The van der Waals surface area contributed by atoms with Crippen molar-refractivity contribution >= 4 is 17.7 Å². The summed E-state index contributed by atoms with van der Waals surface area (Å²) in [7, 11) is 0. The third-order valence-electron chi connectivity index (χ3n) is 3.47. The molecule has 0 aliphatic carbocycles.